The van der Waals surface area contributed by atoms with Crippen LogP contribution >= 0.6 is 13.9 Å². The van der Waals surface area contributed by atoms with Crippen molar-refractivity contribution in [1.82, 2.24) is 0 Å². The fourth-order valence-electron chi connectivity index (χ4n) is 6.35. The van der Waals surface area contributed by atoms with Gasteiger partial charge in [0.05, 0.1) is 0 Å². The zero-order valence-corrected chi connectivity index (χ0v) is 18.3. The molecule has 0 aromatic heterocycles. The van der Waals surface area contributed by atoms with E-state index in [1.165, 1.54) is 25.7 Å². The van der Waals surface area contributed by atoms with E-state index in [0.717, 1.165) is 11.8 Å². The van der Waals surface area contributed by atoms with Gasteiger partial charge in [0.1, 0.15) is 0 Å². The van der Waals surface area contributed by atoms with Crippen molar-refractivity contribution < 1.29 is 0 Å². The summed E-state index contributed by atoms with van der Waals surface area (Å²) in [6, 6.07) is 12.1. The maximum atomic E-state index is 2.59. The molecule has 3 rings (SSSR count). The van der Waals surface area contributed by atoms with Crippen LogP contribution in [0.4, 0.5) is 0 Å². The van der Waals surface area contributed by atoms with Gasteiger partial charge in [0.15, 0.2) is 0 Å². The Bertz CT molecular complexity index is 490. The molecule has 0 radical (unpaired) electrons. The number of hydrogen-bond acceptors (Lipinski definition) is 0. The number of benzene rings is 1. The van der Waals surface area contributed by atoms with E-state index in [1.807, 2.05) is 5.30 Å². The third-order valence-electron chi connectivity index (χ3n) is 7.63. The average Bonchev–Trinajstić information content (AvgIpc) is 2.94. The number of hydrogen-bond donors (Lipinski definition) is 0. The van der Waals surface area contributed by atoms with Crippen LogP contribution in [-0.2, 0) is 0 Å². The van der Waals surface area contributed by atoms with Crippen LogP contribution in [-0.4, -0.2) is 30.8 Å². The standard InChI is InChI=1S/C22H40P2/c1-4-23(16-10-5-6-11-17-23)24(22-12-8-7-9-13-22)18-20(2)14-15-21(3)19-24/h7-9,12-13,20-21,23-24H,4-6,10-11,14-19H2,1-3H3. The Morgan fingerprint density at radius 2 is 1.38 bits per heavy atom. The Balaban J connectivity index is 2.13. The van der Waals surface area contributed by atoms with Crippen molar-refractivity contribution in [1.29, 1.82) is 0 Å². The van der Waals surface area contributed by atoms with Crippen molar-refractivity contribution in [2.45, 2.75) is 59.3 Å². The van der Waals surface area contributed by atoms with Crippen molar-refractivity contribution in [3.8, 4) is 0 Å². The van der Waals surface area contributed by atoms with E-state index in [0.29, 0.717) is 0 Å². The van der Waals surface area contributed by atoms with Crippen molar-refractivity contribution >= 4 is 19.2 Å². The molecule has 0 aliphatic carbocycles. The SMILES string of the molecule is CC[PH]1([PH]2(c3ccccc3)CC(C)CCC(C)C2)CCCCCC1. The monoisotopic (exact) mass is 366 g/mol. The minimum atomic E-state index is -1.38. The maximum absolute atomic E-state index is 2.59. The van der Waals surface area contributed by atoms with Gasteiger partial charge in [-0.05, 0) is 0 Å². The quantitative estimate of drug-likeness (QED) is 0.544. The fourth-order valence-corrected chi connectivity index (χ4v) is 29.5. The predicted molar refractivity (Wildman–Crippen MR) is 119 cm³/mol. The second-order valence-electron chi connectivity index (χ2n) is 9.19. The molecular formula is C22H40P2. The van der Waals surface area contributed by atoms with Crippen LogP contribution in [0.1, 0.15) is 59.3 Å². The molecule has 0 saturated carbocycles. The Morgan fingerprint density at radius 3 is 1.88 bits per heavy atom. The van der Waals surface area contributed by atoms with Crippen LogP contribution < -0.4 is 5.30 Å². The summed E-state index contributed by atoms with van der Waals surface area (Å²) in [7, 11) is 0. The third kappa shape index (κ3) is 3.62. The van der Waals surface area contributed by atoms with E-state index < -0.39 is 13.9 Å². The van der Waals surface area contributed by atoms with E-state index in [2.05, 4.69) is 51.1 Å². The van der Waals surface area contributed by atoms with Crippen molar-refractivity contribution in [2.75, 3.05) is 30.8 Å². The van der Waals surface area contributed by atoms with Gasteiger partial charge in [0, 0.05) is 0 Å². The average molecular weight is 367 g/mol. The molecule has 2 atom stereocenters. The summed E-state index contributed by atoms with van der Waals surface area (Å²) < 4.78 is 0. The molecule has 2 fully saturated rings. The Morgan fingerprint density at radius 1 is 0.833 bits per heavy atom. The van der Waals surface area contributed by atoms with Gasteiger partial charge >= 0.3 is 151 Å². The fraction of sp³-hybridized carbons (Fsp3) is 0.727. The summed E-state index contributed by atoms with van der Waals surface area (Å²) in [6.07, 6.45) is 17.2. The summed E-state index contributed by atoms with van der Waals surface area (Å²) in [5.41, 5.74) is 0. The molecule has 0 bridgehead atoms. The molecule has 0 nitrogen and oxygen atoms in total. The van der Waals surface area contributed by atoms with E-state index in [9.17, 15) is 0 Å². The molecule has 2 aliphatic heterocycles. The molecule has 2 heteroatoms. The first-order valence-electron chi connectivity index (χ1n) is 10.7. The zero-order valence-electron chi connectivity index (χ0n) is 16.3. The molecule has 24 heavy (non-hydrogen) atoms. The van der Waals surface area contributed by atoms with Crippen LogP contribution in [0.15, 0.2) is 30.3 Å². The van der Waals surface area contributed by atoms with Crippen LogP contribution in [0.25, 0.3) is 0 Å². The second-order valence-corrected chi connectivity index (χ2v) is 23.1. The van der Waals surface area contributed by atoms with Crippen LogP contribution in [0.3, 0.4) is 0 Å². The normalized spacial score (nSPS) is 33.0. The number of rotatable bonds is 3. The summed E-state index contributed by atoms with van der Waals surface area (Å²) in [4.78, 5) is 0. The van der Waals surface area contributed by atoms with Crippen molar-refractivity contribution in [3.05, 3.63) is 30.3 Å². The molecule has 0 N–H and O–H groups in total. The first kappa shape index (κ1) is 18.9. The molecule has 2 unspecified atom stereocenters. The first-order chi connectivity index (χ1) is 11.6. The van der Waals surface area contributed by atoms with Gasteiger partial charge in [-0.1, -0.05) is 0 Å². The van der Waals surface area contributed by atoms with E-state index >= 15 is 0 Å². The van der Waals surface area contributed by atoms with E-state index in [4.69, 9.17) is 0 Å². The van der Waals surface area contributed by atoms with E-state index in [1.54, 1.807) is 43.7 Å². The van der Waals surface area contributed by atoms with Crippen LogP contribution in [0.5, 0.6) is 0 Å². The van der Waals surface area contributed by atoms with Crippen molar-refractivity contribution in [2.24, 2.45) is 11.8 Å². The third-order valence-corrected chi connectivity index (χ3v) is 28.6. The van der Waals surface area contributed by atoms with Crippen molar-refractivity contribution in [3.63, 3.8) is 0 Å². The molecule has 138 valence electrons. The van der Waals surface area contributed by atoms with E-state index in [-0.39, 0.29) is 0 Å². The van der Waals surface area contributed by atoms with Crippen LogP contribution in [0.2, 0.25) is 0 Å². The van der Waals surface area contributed by atoms with Gasteiger partial charge in [-0.3, -0.25) is 0 Å². The summed E-state index contributed by atoms with van der Waals surface area (Å²) in [5.74, 6) is 1.92. The Hall–Kier alpha value is 0.0800. The Labute approximate surface area is 151 Å². The predicted octanol–water partition coefficient (Wildman–Crippen LogP) is 6.39. The summed E-state index contributed by atoms with van der Waals surface area (Å²) in [6.45, 7) is 5.20. The summed E-state index contributed by atoms with van der Waals surface area (Å²) in [5, 5.41) is 1.86. The molecule has 0 amide bonds. The molecule has 2 aliphatic rings. The molecular weight excluding hydrogens is 326 g/mol. The van der Waals surface area contributed by atoms with Gasteiger partial charge in [-0.15, -0.1) is 0 Å². The second kappa shape index (κ2) is 8.18. The molecule has 1 aromatic carbocycles. The van der Waals surface area contributed by atoms with Gasteiger partial charge in [-0.2, -0.15) is 0 Å². The van der Waals surface area contributed by atoms with Gasteiger partial charge in [-0.25, -0.2) is 0 Å². The topological polar surface area (TPSA) is 0 Å². The molecule has 2 saturated heterocycles. The zero-order chi connectivity index (χ0) is 17.0. The minimum absolute atomic E-state index is 0.959. The van der Waals surface area contributed by atoms with Gasteiger partial charge in [0.2, 0.25) is 0 Å². The molecule has 1 aromatic rings. The molecule has 2 heterocycles. The Kier molecular flexibility index (Phi) is 6.43. The first-order valence-corrected chi connectivity index (χ1v) is 16.7. The van der Waals surface area contributed by atoms with Gasteiger partial charge in [0.25, 0.3) is 0 Å². The van der Waals surface area contributed by atoms with Crippen LogP contribution in [0, 0.1) is 11.8 Å². The summed E-state index contributed by atoms with van der Waals surface area (Å²) >= 11 is 0. The van der Waals surface area contributed by atoms with Gasteiger partial charge < -0.3 is 0 Å². The molecule has 0 spiro atoms.